The van der Waals surface area contributed by atoms with Crippen molar-refractivity contribution in [2.75, 3.05) is 43.9 Å². The van der Waals surface area contributed by atoms with Crippen molar-refractivity contribution in [3.8, 4) is 0 Å². The highest BCUT2D eigenvalue weighted by atomic mass is 16.6. The zero-order chi connectivity index (χ0) is 11.8. The lowest BCUT2D eigenvalue weighted by molar-refractivity contribution is 0.310. The summed E-state index contributed by atoms with van der Waals surface area (Å²) >= 11 is 0. The number of hydrogen-bond acceptors (Lipinski definition) is 6. The van der Waals surface area contributed by atoms with Crippen LogP contribution in [0.15, 0.2) is 16.8 Å². The van der Waals surface area contributed by atoms with E-state index in [9.17, 15) is 0 Å². The zero-order valence-corrected chi connectivity index (χ0v) is 9.76. The number of likely N-dealkylation sites (N-methyl/N-ethyl adjacent to an activating group) is 1. The molecule has 2 aromatic rings. The van der Waals surface area contributed by atoms with Crippen LogP contribution in [-0.4, -0.2) is 48.4 Å². The molecule has 1 saturated heterocycles. The number of benzene rings is 1. The molecular formula is C11H15N5O. The molecule has 6 nitrogen and oxygen atoms in total. The van der Waals surface area contributed by atoms with E-state index >= 15 is 0 Å². The van der Waals surface area contributed by atoms with E-state index in [0.29, 0.717) is 11.2 Å². The van der Waals surface area contributed by atoms with Crippen molar-refractivity contribution in [3.63, 3.8) is 0 Å². The van der Waals surface area contributed by atoms with Gasteiger partial charge in [-0.2, -0.15) is 0 Å². The van der Waals surface area contributed by atoms with Crippen molar-refractivity contribution >= 4 is 22.4 Å². The summed E-state index contributed by atoms with van der Waals surface area (Å²) in [6, 6.07) is 3.85. The first-order chi connectivity index (χ1) is 8.25. The Balaban J connectivity index is 2.00. The van der Waals surface area contributed by atoms with Gasteiger partial charge in [-0.25, -0.2) is 4.63 Å². The van der Waals surface area contributed by atoms with E-state index in [1.165, 1.54) is 0 Å². The maximum Gasteiger partial charge on any atom is 0.160 e. The average molecular weight is 233 g/mol. The van der Waals surface area contributed by atoms with Crippen LogP contribution in [0.1, 0.15) is 0 Å². The molecule has 6 heteroatoms. The number of piperazine rings is 1. The molecule has 0 aliphatic carbocycles. The van der Waals surface area contributed by atoms with Gasteiger partial charge >= 0.3 is 0 Å². The lowest BCUT2D eigenvalue weighted by Gasteiger charge is -2.33. The first kappa shape index (κ1) is 10.3. The Bertz CT molecular complexity index is 530. The summed E-state index contributed by atoms with van der Waals surface area (Å²) in [4.78, 5) is 4.61. The monoisotopic (exact) mass is 233 g/mol. The van der Waals surface area contributed by atoms with Gasteiger partial charge in [0.15, 0.2) is 11.0 Å². The number of hydrogen-bond donors (Lipinski definition) is 1. The van der Waals surface area contributed by atoms with Crippen LogP contribution in [-0.2, 0) is 0 Å². The van der Waals surface area contributed by atoms with Crippen LogP contribution in [0.5, 0.6) is 0 Å². The highest BCUT2D eigenvalue weighted by Crippen LogP contribution is 2.28. The van der Waals surface area contributed by atoms with Crippen molar-refractivity contribution < 1.29 is 4.63 Å². The molecule has 1 aliphatic heterocycles. The number of nitrogens with zero attached hydrogens (tertiary/aromatic N) is 4. The fourth-order valence-electron chi connectivity index (χ4n) is 2.18. The molecule has 0 spiro atoms. The third kappa shape index (κ3) is 1.70. The second-order valence-electron chi connectivity index (χ2n) is 4.43. The molecule has 17 heavy (non-hydrogen) atoms. The molecule has 0 saturated carbocycles. The number of aromatic nitrogens is 2. The molecule has 90 valence electrons. The van der Waals surface area contributed by atoms with Gasteiger partial charge in [0.2, 0.25) is 0 Å². The number of anilines is 2. The van der Waals surface area contributed by atoms with Crippen LogP contribution in [0.2, 0.25) is 0 Å². The normalized spacial score (nSPS) is 17.8. The van der Waals surface area contributed by atoms with Crippen molar-refractivity contribution in [2.24, 2.45) is 0 Å². The van der Waals surface area contributed by atoms with Crippen LogP contribution < -0.4 is 10.6 Å². The summed E-state index contributed by atoms with van der Waals surface area (Å²) in [6.07, 6.45) is 0. The molecule has 1 aromatic heterocycles. The van der Waals surface area contributed by atoms with E-state index in [1.54, 1.807) is 0 Å². The van der Waals surface area contributed by atoms with Crippen molar-refractivity contribution in [3.05, 3.63) is 12.1 Å². The molecule has 0 unspecified atom stereocenters. The molecule has 0 atom stereocenters. The van der Waals surface area contributed by atoms with Gasteiger partial charge in [0.1, 0.15) is 0 Å². The third-order valence-corrected chi connectivity index (χ3v) is 3.27. The smallest absolute Gasteiger partial charge is 0.160 e. The third-order valence-electron chi connectivity index (χ3n) is 3.27. The minimum absolute atomic E-state index is 0.610. The molecule has 0 bridgehead atoms. The van der Waals surface area contributed by atoms with Gasteiger partial charge in [0, 0.05) is 26.2 Å². The fourth-order valence-corrected chi connectivity index (χ4v) is 2.18. The van der Waals surface area contributed by atoms with E-state index in [1.807, 2.05) is 12.1 Å². The van der Waals surface area contributed by atoms with Crippen molar-refractivity contribution in [1.29, 1.82) is 0 Å². The first-order valence-electron chi connectivity index (χ1n) is 5.70. The molecule has 1 fully saturated rings. The van der Waals surface area contributed by atoms with Crippen LogP contribution in [0.25, 0.3) is 11.0 Å². The number of nitrogens with two attached hydrogens (primary N) is 1. The number of fused-ring (bicyclic) bond motifs is 1. The highest BCUT2D eigenvalue weighted by molar-refractivity contribution is 5.95. The van der Waals surface area contributed by atoms with E-state index in [0.717, 1.165) is 37.4 Å². The van der Waals surface area contributed by atoms with Gasteiger partial charge in [0.25, 0.3) is 0 Å². The average Bonchev–Trinajstić information content (AvgIpc) is 2.81. The van der Waals surface area contributed by atoms with Gasteiger partial charge in [-0.1, -0.05) is 0 Å². The molecule has 2 heterocycles. The van der Waals surface area contributed by atoms with E-state index in [4.69, 9.17) is 10.4 Å². The molecule has 0 radical (unpaired) electrons. The summed E-state index contributed by atoms with van der Waals surface area (Å²) in [5.41, 5.74) is 8.91. The summed E-state index contributed by atoms with van der Waals surface area (Å²) in [5, 5.41) is 7.79. The van der Waals surface area contributed by atoms with E-state index in [2.05, 4.69) is 27.2 Å². The Morgan fingerprint density at radius 2 is 1.82 bits per heavy atom. The number of nitrogen functional groups attached to an aromatic ring is 1. The first-order valence-corrected chi connectivity index (χ1v) is 5.70. The molecular weight excluding hydrogens is 218 g/mol. The lowest BCUT2D eigenvalue weighted by Crippen LogP contribution is -2.44. The largest absolute Gasteiger partial charge is 0.397 e. The maximum atomic E-state index is 5.83. The minimum atomic E-state index is 0.610. The Hall–Kier alpha value is -1.82. The van der Waals surface area contributed by atoms with Gasteiger partial charge in [-0.3, -0.25) is 0 Å². The van der Waals surface area contributed by atoms with Crippen LogP contribution in [0.4, 0.5) is 11.4 Å². The second-order valence-corrected chi connectivity index (χ2v) is 4.43. The molecule has 1 aromatic carbocycles. The summed E-state index contributed by atoms with van der Waals surface area (Å²) in [6.45, 7) is 4.08. The maximum absolute atomic E-state index is 5.83. The highest BCUT2D eigenvalue weighted by Gasteiger charge is 2.19. The van der Waals surface area contributed by atoms with Gasteiger partial charge in [-0.05, 0) is 29.5 Å². The summed E-state index contributed by atoms with van der Waals surface area (Å²) < 4.78 is 4.78. The molecule has 1 aliphatic rings. The summed E-state index contributed by atoms with van der Waals surface area (Å²) in [5.74, 6) is 0. The SMILES string of the molecule is CN1CCN(c2ccc(N)c3nonc23)CC1. The standard InChI is InChI=1S/C11H15N5O/c1-15-4-6-16(7-5-15)9-3-2-8(12)10-11(9)14-17-13-10/h2-3H,4-7,12H2,1H3. The zero-order valence-electron chi connectivity index (χ0n) is 9.76. The van der Waals surface area contributed by atoms with Crippen LogP contribution in [0, 0.1) is 0 Å². The Morgan fingerprint density at radius 1 is 1.12 bits per heavy atom. The molecule has 0 amide bonds. The number of rotatable bonds is 1. The van der Waals surface area contributed by atoms with E-state index in [-0.39, 0.29) is 0 Å². The van der Waals surface area contributed by atoms with Gasteiger partial charge < -0.3 is 15.5 Å². The predicted molar refractivity (Wildman–Crippen MR) is 65.9 cm³/mol. The Kier molecular flexibility index (Phi) is 2.36. The van der Waals surface area contributed by atoms with Crippen molar-refractivity contribution in [2.45, 2.75) is 0 Å². The second kappa shape index (κ2) is 3.89. The summed E-state index contributed by atoms with van der Waals surface area (Å²) in [7, 11) is 2.13. The lowest BCUT2D eigenvalue weighted by atomic mass is 10.2. The van der Waals surface area contributed by atoms with E-state index < -0.39 is 0 Å². The van der Waals surface area contributed by atoms with Crippen molar-refractivity contribution in [1.82, 2.24) is 15.2 Å². The molecule has 3 rings (SSSR count). The van der Waals surface area contributed by atoms with Gasteiger partial charge in [0.05, 0.1) is 11.4 Å². The quantitative estimate of drug-likeness (QED) is 0.725. The van der Waals surface area contributed by atoms with Gasteiger partial charge in [-0.15, -0.1) is 0 Å². The predicted octanol–water partition coefficient (Wildman–Crippen LogP) is 0.557. The van der Waals surface area contributed by atoms with Crippen LogP contribution in [0.3, 0.4) is 0 Å². The fraction of sp³-hybridized carbons (Fsp3) is 0.455. The molecule has 2 N–H and O–H groups in total. The minimum Gasteiger partial charge on any atom is -0.397 e. The van der Waals surface area contributed by atoms with Crippen LogP contribution >= 0.6 is 0 Å². The Morgan fingerprint density at radius 3 is 2.59 bits per heavy atom. The topological polar surface area (TPSA) is 71.4 Å². The Labute approximate surface area is 98.9 Å².